The van der Waals surface area contributed by atoms with Crippen molar-refractivity contribution < 1.29 is 0 Å². The first-order valence-corrected chi connectivity index (χ1v) is 5.83. The lowest BCUT2D eigenvalue weighted by atomic mass is 9.92. The maximum absolute atomic E-state index is 4.50. The van der Waals surface area contributed by atoms with Crippen molar-refractivity contribution in [1.82, 2.24) is 5.01 Å². The van der Waals surface area contributed by atoms with Gasteiger partial charge in [0, 0.05) is 19.2 Å². The van der Waals surface area contributed by atoms with Crippen LogP contribution in [0.25, 0.3) is 0 Å². The van der Waals surface area contributed by atoms with Gasteiger partial charge in [0.1, 0.15) is 0 Å². The predicted molar refractivity (Wildman–Crippen MR) is 68.9 cm³/mol. The Bertz CT molecular complexity index is 423. The van der Waals surface area contributed by atoms with Gasteiger partial charge in [-0.15, -0.1) is 0 Å². The summed E-state index contributed by atoms with van der Waals surface area (Å²) in [5.41, 5.74) is 6.80. The van der Waals surface area contributed by atoms with Crippen LogP contribution in [0.2, 0.25) is 0 Å². The van der Waals surface area contributed by atoms with Crippen LogP contribution in [0.5, 0.6) is 0 Å². The highest BCUT2D eigenvalue weighted by Gasteiger charge is 2.25. The molecule has 0 N–H and O–H groups in total. The normalized spacial score (nSPS) is 20.2. The van der Waals surface area contributed by atoms with E-state index in [1.165, 1.54) is 28.0 Å². The van der Waals surface area contributed by atoms with Crippen LogP contribution in [0.3, 0.4) is 0 Å². The minimum Gasteiger partial charge on any atom is -0.292 e. The van der Waals surface area contributed by atoms with Crippen LogP contribution in [-0.4, -0.2) is 17.8 Å². The molecule has 1 aromatic carbocycles. The first-order chi connectivity index (χ1) is 7.49. The number of benzene rings is 1. The SMILES string of the molecule is CC1=NN(C)C(c2c(C)cc(C)cc2C)C1. The zero-order chi connectivity index (χ0) is 11.9. The van der Waals surface area contributed by atoms with E-state index in [1.807, 2.05) is 0 Å². The van der Waals surface area contributed by atoms with Crippen molar-refractivity contribution in [2.24, 2.45) is 5.10 Å². The minimum atomic E-state index is 0.431. The molecule has 0 fully saturated rings. The first kappa shape index (κ1) is 11.2. The van der Waals surface area contributed by atoms with Crippen LogP contribution in [0.1, 0.15) is 41.6 Å². The Morgan fingerprint density at radius 2 is 1.69 bits per heavy atom. The molecule has 0 bridgehead atoms. The third-order valence-corrected chi connectivity index (χ3v) is 3.34. The lowest BCUT2D eigenvalue weighted by Gasteiger charge is -2.23. The van der Waals surface area contributed by atoms with Crippen molar-refractivity contribution in [3.05, 3.63) is 34.4 Å². The van der Waals surface area contributed by atoms with Crippen LogP contribution in [0.4, 0.5) is 0 Å². The fraction of sp³-hybridized carbons (Fsp3) is 0.500. The van der Waals surface area contributed by atoms with Crippen LogP contribution >= 0.6 is 0 Å². The lowest BCUT2D eigenvalue weighted by molar-refractivity contribution is 0.288. The van der Waals surface area contributed by atoms with Gasteiger partial charge in [0.15, 0.2) is 0 Å². The van der Waals surface area contributed by atoms with Gasteiger partial charge >= 0.3 is 0 Å². The van der Waals surface area contributed by atoms with Gasteiger partial charge in [-0.25, -0.2) is 0 Å². The first-order valence-electron chi connectivity index (χ1n) is 5.83. The van der Waals surface area contributed by atoms with Gasteiger partial charge < -0.3 is 0 Å². The molecule has 16 heavy (non-hydrogen) atoms. The molecule has 2 heteroatoms. The second-order valence-corrected chi connectivity index (χ2v) is 4.94. The van der Waals surface area contributed by atoms with E-state index in [0.29, 0.717) is 6.04 Å². The van der Waals surface area contributed by atoms with E-state index in [2.05, 4.69) is 57.0 Å². The van der Waals surface area contributed by atoms with Crippen LogP contribution in [-0.2, 0) is 0 Å². The molecular formula is C14H20N2. The number of hydrazone groups is 1. The maximum Gasteiger partial charge on any atom is 0.0774 e. The standard InChI is InChI=1S/C14H20N2/c1-9-6-10(2)14(11(3)7-9)13-8-12(4)15-16(13)5/h6-7,13H,8H2,1-5H3. The third-order valence-electron chi connectivity index (χ3n) is 3.34. The Balaban J connectivity index is 2.42. The molecule has 0 spiro atoms. The Morgan fingerprint density at radius 1 is 1.12 bits per heavy atom. The summed E-state index contributed by atoms with van der Waals surface area (Å²) in [7, 11) is 2.07. The second-order valence-electron chi connectivity index (χ2n) is 4.94. The van der Waals surface area contributed by atoms with Crippen molar-refractivity contribution in [2.75, 3.05) is 7.05 Å². The number of nitrogens with zero attached hydrogens (tertiary/aromatic N) is 2. The van der Waals surface area contributed by atoms with E-state index >= 15 is 0 Å². The van der Waals surface area contributed by atoms with Gasteiger partial charge in [0.05, 0.1) is 6.04 Å². The monoisotopic (exact) mass is 216 g/mol. The summed E-state index contributed by atoms with van der Waals surface area (Å²) in [6.07, 6.45) is 1.06. The molecule has 0 amide bonds. The van der Waals surface area contributed by atoms with Crippen molar-refractivity contribution in [3.63, 3.8) is 0 Å². The molecule has 0 saturated heterocycles. The van der Waals surface area contributed by atoms with Gasteiger partial charge in [-0.2, -0.15) is 5.10 Å². The summed E-state index contributed by atoms with van der Waals surface area (Å²) in [5.74, 6) is 0. The highest BCUT2D eigenvalue weighted by Crippen LogP contribution is 2.33. The quantitative estimate of drug-likeness (QED) is 0.702. The zero-order valence-corrected chi connectivity index (χ0v) is 10.8. The van der Waals surface area contributed by atoms with E-state index < -0.39 is 0 Å². The average Bonchev–Trinajstić information content (AvgIpc) is 2.43. The largest absolute Gasteiger partial charge is 0.292 e. The van der Waals surface area contributed by atoms with Gasteiger partial charge in [-0.05, 0) is 44.4 Å². The Labute approximate surface area is 98.0 Å². The molecule has 1 unspecified atom stereocenters. The lowest BCUT2D eigenvalue weighted by Crippen LogP contribution is -2.16. The Kier molecular flexibility index (Phi) is 2.75. The summed E-state index contributed by atoms with van der Waals surface area (Å²) in [5, 5.41) is 6.60. The average molecular weight is 216 g/mol. The molecule has 1 atom stereocenters. The number of hydrogen-bond acceptors (Lipinski definition) is 2. The van der Waals surface area contributed by atoms with Crippen LogP contribution in [0.15, 0.2) is 17.2 Å². The molecule has 1 heterocycles. The summed E-state index contributed by atoms with van der Waals surface area (Å²) in [4.78, 5) is 0. The van der Waals surface area contributed by atoms with Gasteiger partial charge in [-0.3, -0.25) is 5.01 Å². The Hall–Kier alpha value is -1.31. The number of hydrogen-bond donors (Lipinski definition) is 0. The molecule has 0 radical (unpaired) electrons. The van der Waals surface area contributed by atoms with E-state index in [9.17, 15) is 0 Å². The van der Waals surface area contributed by atoms with E-state index in [4.69, 9.17) is 0 Å². The maximum atomic E-state index is 4.50. The summed E-state index contributed by atoms with van der Waals surface area (Å²) < 4.78 is 0. The summed E-state index contributed by atoms with van der Waals surface area (Å²) in [6.45, 7) is 8.67. The molecule has 86 valence electrons. The van der Waals surface area contributed by atoms with Crippen molar-refractivity contribution in [3.8, 4) is 0 Å². The number of rotatable bonds is 1. The molecule has 0 aliphatic carbocycles. The fourth-order valence-corrected chi connectivity index (χ4v) is 2.80. The topological polar surface area (TPSA) is 15.6 Å². The van der Waals surface area contributed by atoms with Crippen molar-refractivity contribution >= 4 is 5.71 Å². The molecular weight excluding hydrogens is 196 g/mol. The van der Waals surface area contributed by atoms with E-state index in [-0.39, 0.29) is 0 Å². The number of aryl methyl sites for hydroxylation is 3. The fourth-order valence-electron chi connectivity index (χ4n) is 2.80. The van der Waals surface area contributed by atoms with E-state index in [1.54, 1.807) is 0 Å². The highest BCUT2D eigenvalue weighted by molar-refractivity contribution is 5.84. The Morgan fingerprint density at radius 3 is 2.12 bits per heavy atom. The molecule has 1 aliphatic rings. The third kappa shape index (κ3) is 1.84. The minimum absolute atomic E-state index is 0.431. The van der Waals surface area contributed by atoms with Gasteiger partial charge in [0.2, 0.25) is 0 Å². The summed E-state index contributed by atoms with van der Waals surface area (Å²) >= 11 is 0. The molecule has 0 saturated carbocycles. The predicted octanol–water partition coefficient (Wildman–Crippen LogP) is 3.36. The molecule has 2 rings (SSSR count). The van der Waals surface area contributed by atoms with Crippen LogP contribution < -0.4 is 0 Å². The van der Waals surface area contributed by atoms with Crippen LogP contribution in [0, 0.1) is 20.8 Å². The molecule has 2 nitrogen and oxygen atoms in total. The highest BCUT2D eigenvalue weighted by atomic mass is 15.5. The second kappa shape index (κ2) is 3.93. The van der Waals surface area contributed by atoms with Gasteiger partial charge in [0.25, 0.3) is 0 Å². The summed E-state index contributed by atoms with van der Waals surface area (Å²) in [6, 6.07) is 4.97. The molecule has 0 aromatic heterocycles. The molecule has 1 aromatic rings. The zero-order valence-electron chi connectivity index (χ0n) is 10.8. The van der Waals surface area contributed by atoms with Crippen molar-refractivity contribution in [2.45, 2.75) is 40.2 Å². The van der Waals surface area contributed by atoms with E-state index in [0.717, 1.165) is 6.42 Å². The van der Waals surface area contributed by atoms with Gasteiger partial charge in [-0.1, -0.05) is 17.7 Å². The molecule has 1 aliphatic heterocycles. The van der Waals surface area contributed by atoms with Crippen molar-refractivity contribution in [1.29, 1.82) is 0 Å². The smallest absolute Gasteiger partial charge is 0.0774 e.